The van der Waals surface area contributed by atoms with E-state index >= 15 is 0 Å². The molecule has 0 bridgehead atoms. The molecule has 0 atom stereocenters. The molecular formula is C7H5BO2. The van der Waals surface area contributed by atoms with Crippen LogP contribution in [0.15, 0.2) is 24.3 Å². The molecule has 0 aliphatic rings. The molecule has 3 heteroatoms. The van der Waals surface area contributed by atoms with Gasteiger partial charge in [-0.25, -0.2) is 0 Å². The monoisotopic (exact) mass is 132 g/mol. The molecule has 10 heavy (non-hydrogen) atoms. The summed E-state index contributed by atoms with van der Waals surface area (Å²) in [6, 6.07) is 6.75. The van der Waals surface area contributed by atoms with Crippen LogP contribution in [0.4, 0.5) is 0 Å². The minimum atomic E-state index is 0.400. The number of carbonyl (C=O) groups is 1. The molecule has 0 aliphatic heterocycles. The summed E-state index contributed by atoms with van der Waals surface area (Å²) in [5, 5.41) is 0. The molecule has 0 spiro atoms. The Hall–Kier alpha value is -1.25. The summed E-state index contributed by atoms with van der Waals surface area (Å²) in [6.45, 7) is 0. The Morgan fingerprint density at radius 3 is 2.60 bits per heavy atom. The van der Waals surface area contributed by atoms with Gasteiger partial charge in [0.15, 0.2) is 6.29 Å². The quantitative estimate of drug-likeness (QED) is 0.442. The summed E-state index contributed by atoms with van der Waals surface area (Å²) >= 11 is 0. The predicted octanol–water partition coefficient (Wildman–Crippen LogP) is 0.961. The largest absolute Gasteiger partial charge is 0.567 e. The van der Waals surface area contributed by atoms with Crippen molar-refractivity contribution in [2.24, 2.45) is 0 Å². The van der Waals surface area contributed by atoms with Gasteiger partial charge in [0.25, 0.3) is 0 Å². The lowest BCUT2D eigenvalue weighted by atomic mass is 10.2. The van der Waals surface area contributed by atoms with Gasteiger partial charge in [0.2, 0.25) is 0 Å². The first-order chi connectivity index (χ1) is 4.88. The van der Waals surface area contributed by atoms with Gasteiger partial charge in [0, 0.05) is 0 Å². The van der Waals surface area contributed by atoms with Crippen LogP contribution < -0.4 is 4.65 Å². The van der Waals surface area contributed by atoms with Gasteiger partial charge in [-0.05, 0) is 12.1 Å². The number of benzene rings is 1. The van der Waals surface area contributed by atoms with Gasteiger partial charge in [-0.2, -0.15) is 0 Å². The molecule has 0 N–H and O–H groups in total. The van der Waals surface area contributed by atoms with Gasteiger partial charge in [0.1, 0.15) is 5.75 Å². The normalized spacial score (nSPS) is 8.80. The first-order valence-electron chi connectivity index (χ1n) is 2.79. The van der Waals surface area contributed by atoms with E-state index < -0.39 is 0 Å². The van der Waals surface area contributed by atoms with E-state index in [1.807, 2.05) is 0 Å². The van der Waals surface area contributed by atoms with Crippen molar-refractivity contribution in [1.29, 1.82) is 0 Å². The van der Waals surface area contributed by atoms with Crippen LogP contribution in [0.2, 0.25) is 0 Å². The van der Waals surface area contributed by atoms with Gasteiger partial charge >= 0.3 is 8.05 Å². The first-order valence-corrected chi connectivity index (χ1v) is 2.79. The summed E-state index contributed by atoms with van der Waals surface area (Å²) in [6.07, 6.45) is 0.697. The zero-order valence-electron chi connectivity index (χ0n) is 5.28. The van der Waals surface area contributed by atoms with E-state index in [2.05, 4.69) is 4.65 Å². The molecule has 1 aromatic carbocycles. The Bertz CT molecular complexity index is 235. The van der Waals surface area contributed by atoms with Crippen molar-refractivity contribution in [3.05, 3.63) is 29.8 Å². The molecule has 0 amide bonds. The maximum atomic E-state index is 10.3. The summed E-state index contributed by atoms with van der Waals surface area (Å²) in [7, 11) is 4.87. The van der Waals surface area contributed by atoms with Crippen LogP contribution in [0.1, 0.15) is 10.4 Å². The van der Waals surface area contributed by atoms with E-state index in [0.717, 1.165) is 0 Å². The van der Waals surface area contributed by atoms with Crippen molar-refractivity contribution in [2.75, 3.05) is 0 Å². The molecule has 0 heterocycles. The molecule has 0 fully saturated rings. The number of aldehydes is 1. The van der Waals surface area contributed by atoms with Crippen LogP contribution in [0.25, 0.3) is 0 Å². The third-order valence-electron chi connectivity index (χ3n) is 1.17. The van der Waals surface area contributed by atoms with Crippen molar-refractivity contribution >= 4 is 14.3 Å². The maximum absolute atomic E-state index is 10.3. The fourth-order valence-electron chi connectivity index (χ4n) is 0.685. The van der Waals surface area contributed by atoms with Crippen LogP contribution in [-0.2, 0) is 0 Å². The van der Waals surface area contributed by atoms with Crippen LogP contribution >= 0.6 is 0 Å². The molecule has 2 radical (unpaired) electrons. The van der Waals surface area contributed by atoms with Gasteiger partial charge in [-0.15, -0.1) is 0 Å². The van der Waals surface area contributed by atoms with Crippen molar-refractivity contribution in [2.45, 2.75) is 0 Å². The lowest BCUT2D eigenvalue weighted by Crippen LogP contribution is -1.89. The SMILES string of the molecule is [B]Oc1ccccc1C=O. The highest BCUT2D eigenvalue weighted by molar-refractivity contribution is 6.00. The molecule has 0 aliphatic carbocycles. The smallest absolute Gasteiger partial charge is 0.374 e. The fourth-order valence-corrected chi connectivity index (χ4v) is 0.685. The zero-order chi connectivity index (χ0) is 7.40. The number of carbonyl (C=O) groups excluding carboxylic acids is 1. The molecule has 1 rings (SSSR count). The maximum Gasteiger partial charge on any atom is 0.374 e. The van der Waals surface area contributed by atoms with Crippen molar-refractivity contribution in [3.8, 4) is 5.75 Å². The van der Waals surface area contributed by atoms with E-state index in [1.54, 1.807) is 24.3 Å². The van der Waals surface area contributed by atoms with Gasteiger partial charge in [-0.3, -0.25) is 4.79 Å². The van der Waals surface area contributed by atoms with Crippen LogP contribution in [0.3, 0.4) is 0 Å². The van der Waals surface area contributed by atoms with E-state index in [0.29, 0.717) is 17.6 Å². The molecule has 0 unspecified atom stereocenters. The third-order valence-corrected chi connectivity index (χ3v) is 1.17. The van der Waals surface area contributed by atoms with Gasteiger partial charge in [-0.1, -0.05) is 12.1 Å². The van der Waals surface area contributed by atoms with Gasteiger partial charge < -0.3 is 4.65 Å². The van der Waals surface area contributed by atoms with Crippen LogP contribution in [-0.4, -0.2) is 14.3 Å². The van der Waals surface area contributed by atoms with Crippen molar-refractivity contribution < 1.29 is 9.45 Å². The number of hydrogen-bond acceptors (Lipinski definition) is 2. The Labute approximate surface area is 60.3 Å². The fraction of sp³-hybridized carbons (Fsp3) is 0. The van der Waals surface area contributed by atoms with E-state index in [-0.39, 0.29) is 0 Å². The minimum Gasteiger partial charge on any atom is -0.567 e. The summed E-state index contributed by atoms with van der Waals surface area (Å²) in [4.78, 5) is 10.3. The molecule has 0 saturated heterocycles. The lowest BCUT2D eigenvalue weighted by molar-refractivity contribution is 0.112. The standard InChI is InChI=1S/C7H5BO2/c8-10-7-4-2-1-3-6(7)5-9/h1-5H. The Morgan fingerprint density at radius 1 is 1.40 bits per heavy atom. The molecule has 0 saturated carbocycles. The highest BCUT2D eigenvalue weighted by atomic mass is 16.4. The Balaban J connectivity index is 3.08. The van der Waals surface area contributed by atoms with Crippen molar-refractivity contribution in [1.82, 2.24) is 0 Å². The number of para-hydroxylation sites is 1. The Kier molecular flexibility index (Phi) is 2.10. The van der Waals surface area contributed by atoms with Crippen molar-refractivity contribution in [3.63, 3.8) is 0 Å². The molecule has 0 aromatic heterocycles. The third kappa shape index (κ3) is 1.18. The van der Waals surface area contributed by atoms with Gasteiger partial charge in [0.05, 0.1) is 5.56 Å². The Morgan fingerprint density at radius 2 is 2.10 bits per heavy atom. The summed E-state index contributed by atoms with van der Waals surface area (Å²) < 4.78 is 4.40. The number of hydrogen-bond donors (Lipinski definition) is 0. The summed E-state index contributed by atoms with van der Waals surface area (Å²) in [5.74, 6) is 0.400. The second-order valence-electron chi connectivity index (χ2n) is 1.77. The molecule has 48 valence electrons. The van der Waals surface area contributed by atoms with Crippen LogP contribution in [0, 0.1) is 0 Å². The summed E-state index contributed by atoms with van der Waals surface area (Å²) in [5.41, 5.74) is 0.463. The van der Waals surface area contributed by atoms with E-state index in [4.69, 9.17) is 8.05 Å². The second-order valence-corrected chi connectivity index (χ2v) is 1.77. The lowest BCUT2D eigenvalue weighted by Gasteiger charge is -2.00. The predicted molar refractivity (Wildman–Crippen MR) is 38.2 cm³/mol. The highest BCUT2D eigenvalue weighted by Gasteiger charge is 1.95. The number of rotatable bonds is 2. The van der Waals surface area contributed by atoms with Crippen LogP contribution in [0.5, 0.6) is 5.75 Å². The topological polar surface area (TPSA) is 26.3 Å². The average molecular weight is 132 g/mol. The van der Waals surface area contributed by atoms with E-state index in [9.17, 15) is 4.79 Å². The highest BCUT2D eigenvalue weighted by Crippen LogP contribution is 2.13. The molecule has 1 aromatic rings. The second kappa shape index (κ2) is 3.06. The minimum absolute atomic E-state index is 0.400. The molecular weight excluding hydrogens is 127 g/mol. The van der Waals surface area contributed by atoms with E-state index in [1.165, 1.54) is 0 Å². The first kappa shape index (κ1) is 6.87. The zero-order valence-corrected chi connectivity index (χ0v) is 5.28. The average Bonchev–Trinajstić information content (AvgIpc) is 2.04. The molecule has 2 nitrogen and oxygen atoms in total.